The fourth-order valence-corrected chi connectivity index (χ4v) is 4.73. The zero-order chi connectivity index (χ0) is 15.8. The first-order valence-corrected chi connectivity index (χ1v) is 9.23. The van der Waals surface area contributed by atoms with Gasteiger partial charge in [0.05, 0.1) is 13.2 Å². The molecule has 5 nitrogen and oxygen atoms in total. The largest absolute Gasteiger partial charge is 0.494 e. The number of benzene rings is 1. The van der Waals surface area contributed by atoms with Gasteiger partial charge in [-0.3, -0.25) is 0 Å². The Balaban J connectivity index is 1.64. The average molecular weight is 325 g/mol. The van der Waals surface area contributed by atoms with Crippen LogP contribution in [0.4, 0.5) is 0 Å². The first kappa shape index (κ1) is 15.8. The van der Waals surface area contributed by atoms with Crippen molar-refractivity contribution >= 4 is 10.0 Å². The summed E-state index contributed by atoms with van der Waals surface area (Å²) in [5.74, 6) is 1.08. The Morgan fingerprint density at radius 3 is 2.77 bits per heavy atom. The van der Waals surface area contributed by atoms with Crippen LogP contribution in [0.5, 0.6) is 5.75 Å². The summed E-state index contributed by atoms with van der Waals surface area (Å²) in [5.41, 5.74) is 1.13. The zero-order valence-electron chi connectivity index (χ0n) is 13.0. The predicted molar refractivity (Wildman–Crippen MR) is 84.7 cm³/mol. The molecular formula is C16H23NO4S. The summed E-state index contributed by atoms with van der Waals surface area (Å²) in [6.07, 6.45) is 2.22. The Labute approximate surface area is 132 Å². The quantitative estimate of drug-likeness (QED) is 0.794. The first-order chi connectivity index (χ1) is 10.5. The van der Waals surface area contributed by atoms with Gasteiger partial charge >= 0.3 is 0 Å². The maximum absolute atomic E-state index is 12.5. The zero-order valence-corrected chi connectivity index (χ0v) is 13.9. The number of ether oxygens (including phenoxy) is 2. The minimum atomic E-state index is -3.32. The van der Waals surface area contributed by atoms with Gasteiger partial charge in [0.2, 0.25) is 10.0 Å². The normalized spacial score (nSPS) is 25.7. The molecule has 0 aliphatic heterocycles. The van der Waals surface area contributed by atoms with Crippen molar-refractivity contribution in [1.29, 1.82) is 0 Å². The minimum Gasteiger partial charge on any atom is -0.494 e. The molecule has 0 radical (unpaired) electrons. The second-order valence-corrected chi connectivity index (χ2v) is 8.30. The molecule has 122 valence electrons. The lowest BCUT2D eigenvalue weighted by Crippen LogP contribution is -2.40. The average Bonchev–Trinajstić information content (AvgIpc) is 3.36. The van der Waals surface area contributed by atoms with Crippen LogP contribution in [0, 0.1) is 0 Å². The maximum Gasteiger partial charge on any atom is 0.219 e. The van der Waals surface area contributed by atoms with Crippen LogP contribution >= 0.6 is 0 Å². The van der Waals surface area contributed by atoms with Crippen LogP contribution in [0.25, 0.3) is 0 Å². The van der Waals surface area contributed by atoms with Crippen LogP contribution < -0.4 is 9.46 Å². The van der Waals surface area contributed by atoms with Gasteiger partial charge in [-0.15, -0.1) is 0 Å². The Kier molecular flexibility index (Phi) is 4.18. The number of nitrogens with one attached hydrogen (secondary N) is 1. The summed E-state index contributed by atoms with van der Waals surface area (Å²) in [4.78, 5) is 0. The third-order valence-corrected chi connectivity index (χ3v) is 6.76. The predicted octanol–water partition coefficient (Wildman–Crippen LogP) is 2.04. The van der Waals surface area contributed by atoms with Crippen LogP contribution in [0.15, 0.2) is 24.3 Å². The minimum absolute atomic E-state index is 0.00351. The fraction of sp³-hybridized carbons (Fsp3) is 0.625. The molecule has 0 saturated heterocycles. The standard InChI is InChI=1S/C16H23NO4S/c1-3-21-13-6-4-5-12(9-13)14-10-15(14)17-22(18,19)16(7-8-16)11-20-2/h4-6,9,14-15,17H,3,7-8,10-11H2,1-2H3. The SMILES string of the molecule is CCOc1cccc(C2CC2NS(=O)(=O)C2(COC)CC2)c1. The van der Waals surface area contributed by atoms with E-state index in [1.165, 1.54) is 0 Å². The lowest BCUT2D eigenvalue weighted by molar-refractivity contribution is 0.191. The molecule has 0 aromatic heterocycles. The van der Waals surface area contributed by atoms with Crippen LogP contribution in [0.2, 0.25) is 0 Å². The molecule has 0 heterocycles. The van der Waals surface area contributed by atoms with E-state index in [-0.39, 0.29) is 18.6 Å². The van der Waals surface area contributed by atoms with Crippen molar-refractivity contribution in [3.05, 3.63) is 29.8 Å². The van der Waals surface area contributed by atoms with E-state index in [4.69, 9.17) is 9.47 Å². The first-order valence-electron chi connectivity index (χ1n) is 7.75. The number of methoxy groups -OCH3 is 1. The van der Waals surface area contributed by atoms with Crippen LogP contribution in [0.1, 0.15) is 37.7 Å². The van der Waals surface area contributed by atoms with Crippen molar-refractivity contribution < 1.29 is 17.9 Å². The van der Waals surface area contributed by atoms with Crippen molar-refractivity contribution in [2.45, 2.75) is 42.9 Å². The Bertz CT molecular complexity index is 639. The highest BCUT2D eigenvalue weighted by Crippen LogP contribution is 2.47. The van der Waals surface area contributed by atoms with Crippen molar-refractivity contribution in [3.63, 3.8) is 0 Å². The van der Waals surface area contributed by atoms with Gasteiger partial charge in [0.1, 0.15) is 10.5 Å². The summed E-state index contributed by atoms with van der Waals surface area (Å²) in [6, 6.07) is 7.91. The van der Waals surface area contributed by atoms with Gasteiger partial charge in [-0.2, -0.15) is 0 Å². The van der Waals surface area contributed by atoms with E-state index in [2.05, 4.69) is 4.72 Å². The molecule has 2 atom stereocenters. The van der Waals surface area contributed by atoms with E-state index < -0.39 is 14.8 Å². The van der Waals surface area contributed by atoms with Gasteiger partial charge in [0.15, 0.2) is 0 Å². The van der Waals surface area contributed by atoms with Crippen molar-refractivity contribution in [1.82, 2.24) is 4.72 Å². The highest BCUT2D eigenvalue weighted by Gasteiger charge is 2.57. The molecule has 6 heteroatoms. The molecule has 2 fully saturated rings. The molecule has 2 saturated carbocycles. The summed E-state index contributed by atoms with van der Waals surface area (Å²) >= 11 is 0. The van der Waals surface area contributed by atoms with Gasteiger partial charge in [-0.1, -0.05) is 12.1 Å². The lowest BCUT2D eigenvalue weighted by Gasteiger charge is -2.16. The summed E-state index contributed by atoms with van der Waals surface area (Å²) in [6.45, 7) is 2.86. The monoisotopic (exact) mass is 325 g/mol. The van der Waals surface area contributed by atoms with Crippen molar-refractivity contribution in [2.24, 2.45) is 0 Å². The molecular weight excluding hydrogens is 302 g/mol. The van der Waals surface area contributed by atoms with Gasteiger partial charge in [0.25, 0.3) is 0 Å². The Hall–Kier alpha value is -1.11. The topological polar surface area (TPSA) is 64.6 Å². The molecule has 1 N–H and O–H groups in total. The van der Waals surface area contributed by atoms with Gasteiger partial charge < -0.3 is 9.47 Å². The molecule has 0 spiro atoms. The van der Waals surface area contributed by atoms with Crippen molar-refractivity contribution in [2.75, 3.05) is 20.3 Å². The second kappa shape index (κ2) is 5.83. The molecule has 0 amide bonds. The fourth-order valence-electron chi connectivity index (χ4n) is 2.91. The van der Waals surface area contributed by atoms with E-state index in [0.717, 1.165) is 17.7 Å². The van der Waals surface area contributed by atoms with Gasteiger partial charge in [0, 0.05) is 19.1 Å². The van der Waals surface area contributed by atoms with Gasteiger partial charge in [-0.25, -0.2) is 13.1 Å². The summed E-state index contributed by atoms with van der Waals surface area (Å²) < 4.78 is 37.7. The molecule has 2 aliphatic carbocycles. The van der Waals surface area contributed by atoms with E-state index in [0.29, 0.717) is 19.4 Å². The molecule has 1 aromatic carbocycles. The third-order valence-electron chi connectivity index (χ3n) is 4.48. The Morgan fingerprint density at radius 2 is 2.14 bits per heavy atom. The van der Waals surface area contributed by atoms with Crippen LogP contribution in [-0.2, 0) is 14.8 Å². The van der Waals surface area contributed by atoms with E-state index >= 15 is 0 Å². The highest BCUT2D eigenvalue weighted by molar-refractivity contribution is 7.91. The van der Waals surface area contributed by atoms with E-state index in [1.807, 2.05) is 31.2 Å². The maximum atomic E-state index is 12.5. The number of hydrogen-bond acceptors (Lipinski definition) is 4. The smallest absolute Gasteiger partial charge is 0.219 e. The second-order valence-electron chi connectivity index (χ2n) is 6.19. The highest BCUT2D eigenvalue weighted by atomic mass is 32.2. The Morgan fingerprint density at radius 1 is 1.36 bits per heavy atom. The third kappa shape index (κ3) is 3.00. The van der Waals surface area contributed by atoms with Gasteiger partial charge in [-0.05, 0) is 43.9 Å². The van der Waals surface area contributed by atoms with E-state index in [1.54, 1.807) is 7.11 Å². The molecule has 2 unspecified atom stereocenters. The van der Waals surface area contributed by atoms with E-state index in [9.17, 15) is 8.42 Å². The molecule has 3 rings (SSSR count). The van der Waals surface area contributed by atoms with Crippen LogP contribution in [-0.4, -0.2) is 39.5 Å². The number of sulfonamides is 1. The molecule has 0 bridgehead atoms. The number of rotatable bonds is 8. The summed E-state index contributed by atoms with van der Waals surface area (Å²) in [5, 5.41) is 0. The van der Waals surface area contributed by atoms with Crippen LogP contribution in [0.3, 0.4) is 0 Å². The van der Waals surface area contributed by atoms with Crippen molar-refractivity contribution in [3.8, 4) is 5.75 Å². The lowest BCUT2D eigenvalue weighted by atomic mass is 10.1. The number of hydrogen-bond donors (Lipinski definition) is 1. The summed E-state index contributed by atoms with van der Waals surface area (Å²) in [7, 11) is -1.76. The molecule has 22 heavy (non-hydrogen) atoms. The molecule has 1 aromatic rings. The molecule has 2 aliphatic rings.